The standard InChI is InChI=1S/C18H21N5O4/c19-14(20)7-8-15(24)23-17-11-4-1-2-5-13(11)22-10-12(17)18(27)21-9-3-6-16(25)26/h1-2,4-5,10H,3,6-9H2,(H3,19,20)(H,21,27)(H,25,26)(H,22,23,24). The van der Waals surface area contributed by atoms with Gasteiger partial charge in [0, 0.05) is 37.4 Å². The fourth-order valence-corrected chi connectivity index (χ4v) is 2.44. The molecule has 0 aliphatic rings. The number of nitrogens with two attached hydrogens (primary N) is 1. The van der Waals surface area contributed by atoms with Gasteiger partial charge in [0.2, 0.25) is 5.91 Å². The first kappa shape index (κ1) is 19.8. The molecule has 142 valence electrons. The van der Waals surface area contributed by atoms with Crippen LogP contribution in [0, 0.1) is 5.41 Å². The van der Waals surface area contributed by atoms with Crippen LogP contribution in [-0.2, 0) is 9.59 Å². The van der Waals surface area contributed by atoms with E-state index in [-0.39, 0.29) is 43.1 Å². The molecule has 0 aliphatic heterocycles. The lowest BCUT2D eigenvalue weighted by atomic mass is 10.1. The molecular weight excluding hydrogens is 350 g/mol. The lowest BCUT2D eigenvalue weighted by molar-refractivity contribution is -0.137. The quantitative estimate of drug-likeness (QED) is 0.255. The van der Waals surface area contributed by atoms with Crippen LogP contribution in [0.15, 0.2) is 30.5 Å². The van der Waals surface area contributed by atoms with Crippen LogP contribution in [0.4, 0.5) is 5.69 Å². The molecule has 0 radical (unpaired) electrons. The summed E-state index contributed by atoms with van der Waals surface area (Å²) in [5.41, 5.74) is 6.40. The van der Waals surface area contributed by atoms with Crippen molar-refractivity contribution in [3.05, 3.63) is 36.0 Å². The number of amidine groups is 1. The second-order valence-corrected chi connectivity index (χ2v) is 5.89. The van der Waals surface area contributed by atoms with Crippen molar-refractivity contribution in [1.29, 1.82) is 5.41 Å². The summed E-state index contributed by atoms with van der Waals surface area (Å²) in [4.78, 5) is 39.5. The number of carboxylic acids is 1. The van der Waals surface area contributed by atoms with Crippen molar-refractivity contribution in [2.45, 2.75) is 25.7 Å². The number of para-hydroxylation sites is 1. The SMILES string of the molecule is N=C(N)CCC(=O)Nc1c(C(=O)NCCCC(=O)O)cnc2ccccc12. The molecule has 9 nitrogen and oxygen atoms in total. The van der Waals surface area contributed by atoms with E-state index in [9.17, 15) is 14.4 Å². The molecule has 2 aromatic rings. The Morgan fingerprint density at radius 1 is 1.15 bits per heavy atom. The van der Waals surface area contributed by atoms with Crippen molar-refractivity contribution < 1.29 is 19.5 Å². The number of anilines is 1. The van der Waals surface area contributed by atoms with E-state index >= 15 is 0 Å². The third-order valence-electron chi connectivity index (χ3n) is 3.76. The highest BCUT2D eigenvalue weighted by Gasteiger charge is 2.17. The Morgan fingerprint density at radius 3 is 2.59 bits per heavy atom. The van der Waals surface area contributed by atoms with E-state index in [4.69, 9.17) is 16.2 Å². The maximum absolute atomic E-state index is 12.5. The van der Waals surface area contributed by atoms with Crippen LogP contribution in [0.25, 0.3) is 10.9 Å². The minimum Gasteiger partial charge on any atom is -0.481 e. The number of amides is 2. The van der Waals surface area contributed by atoms with Crippen LogP contribution < -0.4 is 16.4 Å². The zero-order valence-electron chi connectivity index (χ0n) is 14.6. The van der Waals surface area contributed by atoms with Crippen LogP contribution >= 0.6 is 0 Å². The number of nitrogens with zero attached hydrogens (tertiary/aromatic N) is 1. The molecule has 0 spiro atoms. The van der Waals surface area contributed by atoms with Crippen LogP contribution in [0.1, 0.15) is 36.0 Å². The van der Waals surface area contributed by atoms with Gasteiger partial charge in [-0.05, 0) is 12.5 Å². The summed E-state index contributed by atoms with van der Waals surface area (Å²) in [6, 6.07) is 7.06. The van der Waals surface area contributed by atoms with Crippen molar-refractivity contribution in [3.63, 3.8) is 0 Å². The Hall–Kier alpha value is -3.49. The Labute approximate surface area is 155 Å². The van der Waals surface area contributed by atoms with Crippen molar-refractivity contribution in [3.8, 4) is 0 Å². The average Bonchev–Trinajstić information content (AvgIpc) is 2.63. The monoisotopic (exact) mass is 371 g/mol. The summed E-state index contributed by atoms with van der Waals surface area (Å²) >= 11 is 0. The van der Waals surface area contributed by atoms with Gasteiger partial charge in [-0.25, -0.2) is 0 Å². The molecule has 0 bridgehead atoms. The average molecular weight is 371 g/mol. The fourth-order valence-electron chi connectivity index (χ4n) is 2.44. The van der Waals surface area contributed by atoms with E-state index in [1.54, 1.807) is 24.3 Å². The van der Waals surface area contributed by atoms with Crippen molar-refractivity contribution in [2.75, 3.05) is 11.9 Å². The predicted octanol–water partition coefficient (Wildman–Crippen LogP) is 1.48. The van der Waals surface area contributed by atoms with E-state index in [0.29, 0.717) is 23.0 Å². The van der Waals surface area contributed by atoms with Gasteiger partial charge in [0.1, 0.15) is 0 Å². The number of aromatic nitrogens is 1. The molecule has 0 aliphatic carbocycles. The summed E-state index contributed by atoms with van der Waals surface area (Å²) < 4.78 is 0. The Bertz CT molecular complexity index is 881. The van der Waals surface area contributed by atoms with Gasteiger partial charge >= 0.3 is 5.97 Å². The van der Waals surface area contributed by atoms with Crippen molar-refractivity contribution in [2.24, 2.45) is 5.73 Å². The zero-order chi connectivity index (χ0) is 19.8. The molecule has 2 rings (SSSR count). The molecule has 2 amide bonds. The third-order valence-corrected chi connectivity index (χ3v) is 3.76. The van der Waals surface area contributed by atoms with E-state index < -0.39 is 11.9 Å². The van der Waals surface area contributed by atoms with Crippen LogP contribution in [0.5, 0.6) is 0 Å². The van der Waals surface area contributed by atoms with E-state index in [0.717, 1.165) is 0 Å². The highest BCUT2D eigenvalue weighted by molar-refractivity contribution is 6.11. The second-order valence-electron chi connectivity index (χ2n) is 5.89. The number of pyridine rings is 1. The second kappa shape index (κ2) is 9.27. The van der Waals surface area contributed by atoms with Gasteiger partial charge in [-0.2, -0.15) is 0 Å². The van der Waals surface area contributed by atoms with E-state index in [2.05, 4.69) is 15.6 Å². The largest absolute Gasteiger partial charge is 0.481 e. The van der Waals surface area contributed by atoms with E-state index in [1.807, 2.05) is 0 Å². The summed E-state index contributed by atoms with van der Waals surface area (Å²) in [5.74, 6) is -1.86. The fraction of sp³-hybridized carbons (Fsp3) is 0.278. The number of nitrogens with one attached hydrogen (secondary N) is 3. The Balaban J connectivity index is 2.23. The summed E-state index contributed by atoms with van der Waals surface area (Å²) in [7, 11) is 0. The number of hydrogen-bond donors (Lipinski definition) is 5. The van der Waals surface area contributed by atoms with Crippen molar-refractivity contribution >= 4 is 40.2 Å². The smallest absolute Gasteiger partial charge is 0.303 e. The Morgan fingerprint density at radius 2 is 1.89 bits per heavy atom. The highest BCUT2D eigenvalue weighted by atomic mass is 16.4. The first-order valence-corrected chi connectivity index (χ1v) is 8.39. The highest BCUT2D eigenvalue weighted by Crippen LogP contribution is 2.26. The molecule has 0 saturated carbocycles. The van der Waals surface area contributed by atoms with Gasteiger partial charge in [0.25, 0.3) is 5.91 Å². The van der Waals surface area contributed by atoms with Gasteiger partial charge in [0.15, 0.2) is 0 Å². The number of carbonyl (C=O) groups excluding carboxylic acids is 2. The molecule has 0 fully saturated rings. The third kappa shape index (κ3) is 5.77. The lowest BCUT2D eigenvalue weighted by Gasteiger charge is -2.14. The molecule has 1 aromatic carbocycles. The molecule has 1 aromatic heterocycles. The lowest BCUT2D eigenvalue weighted by Crippen LogP contribution is -2.27. The first-order valence-electron chi connectivity index (χ1n) is 8.39. The van der Waals surface area contributed by atoms with Gasteiger partial charge in [-0.15, -0.1) is 0 Å². The summed E-state index contributed by atoms with van der Waals surface area (Å²) in [6.45, 7) is 0.190. The van der Waals surface area contributed by atoms with Crippen LogP contribution in [0.2, 0.25) is 0 Å². The van der Waals surface area contributed by atoms with Crippen LogP contribution in [0.3, 0.4) is 0 Å². The molecule has 0 saturated heterocycles. The molecular formula is C18H21N5O4. The van der Waals surface area contributed by atoms with Gasteiger partial charge < -0.3 is 21.5 Å². The molecule has 9 heteroatoms. The topological polar surface area (TPSA) is 158 Å². The summed E-state index contributed by atoms with van der Waals surface area (Å²) in [5, 5.41) is 21.8. The Kier molecular flexibility index (Phi) is 6.81. The molecule has 6 N–H and O–H groups in total. The minimum absolute atomic E-state index is 0.0195. The van der Waals surface area contributed by atoms with Crippen molar-refractivity contribution in [1.82, 2.24) is 10.3 Å². The van der Waals surface area contributed by atoms with Gasteiger partial charge in [-0.1, -0.05) is 18.2 Å². The molecule has 0 unspecified atom stereocenters. The number of benzene rings is 1. The van der Waals surface area contributed by atoms with Gasteiger partial charge in [0.05, 0.1) is 22.6 Å². The van der Waals surface area contributed by atoms with E-state index in [1.165, 1.54) is 6.20 Å². The zero-order valence-corrected chi connectivity index (χ0v) is 14.6. The maximum Gasteiger partial charge on any atom is 0.303 e. The number of carbonyl (C=O) groups is 3. The molecule has 1 heterocycles. The number of fused-ring (bicyclic) bond motifs is 1. The number of rotatable bonds is 9. The molecule has 0 atom stereocenters. The number of hydrogen-bond acceptors (Lipinski definition) is 5. The number of carboxylic acid groups (broad SMARTS) is 1. The minimum atomic E-state index is -0.935. The van der Waals surface area contributed by atoms with Gasteiger partial charge in [-0.3, -0.25) is 24.8 Å². The normalized spacial score (nSPS) is 10.4. The summed E-state index contributed by atoms with van der Waals surface area (Å²) in [6.07, 6.45) is 1.75. The number of aliphatic carboxylic acids is 1. The molecule has 27 heavy (non-hydrogen) atoms. The first-order chi connectivity index (χ1) is 12.9. The maximum atomic E-state index is 12.5. The van der Waals surface area contributed by atoms with Crippen LogP contribution in [-0.4, -0.2) is 40.3 Å². The predicted molar refractivity (Wildman–Crippen MR) is 101 cm³/mol.